The van der Waals surface area contributed by atoms with Crippen LogP contribution in [0.2, 0.25) is 0 Å². The summed E-state index contributed by atoms with van der Waals surface area (Å²) >= 11 is 0. The minimum atomic E-state index is -1.14. The number of hydrogen-bond acceptors (Lipinski definition) is 4. The zero-order valence-electron chi connectivity index (χ0n) is 16.2. The third kappa shape index (κ3) is 4.51. The van der Waals surface area contributed by atoms with Crippen molar-refractivity contribution in [2.24, 2.45) is 5.73 Å². The molecule has 1 aliphatic carbocycles. The molecule has 1 aliphatic heterocycles. The molecule has 1 heterocycles. The molecular weight excluding hydrogens is 368 g/mol. The molecule has 7 heteroatoms. The van der Waals surface area contributed by atoms with Crippen LogP contribution in [0, 0.1) is 0 Å². The monoisotopic (exact) mass is 394 g/mol. The second kappa shape index (κ2) is 8.13. The Balaban J connectivity index is 1.50. The fraction of sp³-hybridized carbons (Fsp3) is 0.364. The van der Waals surface area contributed by atoms with Gasteiger partial charge in [-0.15, -0.1) is 0 Å². The van der Waals surface area contributed by atoms with Gasteiger partial charge in [-0.1, -0.05) is 12.1 Å². The van der Waals surface area contributed by atoms with Crippen molar-refractivity contribution in [3.8, 4) is 0 Å². The second-order valence-corrected chi connectivity index (χ2v) is 7.79. The molecule has 1 saturated heterocycles. The van der Waals surface area contributed by atoms with Crippen LogP contribution in [0.3, 0.4) is 0 Å². The van der Waals surface area contributed by atoms with E-state index in [2.05, 4.69) is 15.5 Å². The van der Waals surface area contributed by atoms with E-state index in [1.807, 2.05) is 30.3 Å². The van der Waals surface area contributed by atoms with Crippen LogP contribution >= 0.6 is 0 Å². The van der Waals surface area contributed by atoms with Gasteiger partial charge in [0.25, 0.3) is 5.91 Å². The van der Waals surface area contributed by atoms with Crippen LogP contribution in [0.25, 0.3) is 0 Å². The van der Waals surface area contributed by atoms with Crippen LogP contribution in [0.15, 0.2) is 42.5 Å². The minimum absolute atomic E-state index is 0.244. The van der Waals surface area contributed by atoms with E-state index < -0.39 is 6.09 Å². The Morgan fingerprint density at radius 3 is 2.31 bits per heavy atom. The summed E-state index contributed by atoms with van der Waals surface area (Å²) in [5, 5.41) is 14.5. The van der Waals surface area contributed by atoms with E-state index in [-0.39, 0.29) is 11.9 Å². The summed E-state index contributed by atoms with van der Waals surface area (Å²) in [5.74, 6) is 0.145. The molecule has 2 aromatic carbocycles. The predicted molar refractivity (Wildman–Crippen MR) is 114 cm³/mol. The van der Waals surface area contributed by atoms with Gasteiger partial charge < -0.3 is 21.1 Å². The fourth-order valence-corrected chi connectivity index (χ4v) is 3.92. The summed E-state index contributed by atoms with van der Waals surface area (Å²) in [6, 6.07) is 13.1. The molecule has 0 radical (unpaired) electrons. The lowest BCUT2D eigenvalue weighted by Crippen LogP contribution is -2.30. The van der Waals surface area contributed by atoms with Gasteiger partial charge in [-0.05, 0) is 61.6 Å². The van der Waals surface area contributed by atoms with E-state index in [0.717, 1.165) is 38.0 Å². The molecule has 2 atom stereocenters. The maximum absolute atomic E-state index is 12.7. The van der Waals surface area contributed by atoms with Crippen LogP contribution in [0.1, 0.15) is 47.5 Å². The van der Waals surface area contributed by atoms with Crippen molar-refractivity contribution in [2.75, 3.05) is 28.6 Å². The molecule has 0 spiro atoms. The summed E-state index contributed by atoms with van der Waals surface area (Å²) in [5.41, 5.74) is 9.43. The predicted octanol–water partition coefficient (Wildman–Crippen LogP) is 3.83. The van der Waals surface area contributed by atoms with E-state index >= 15 is 0 Å². The molecule has 4 rings (SSSR count). The SMILES string of the molecule is NC1CC1c1ccc(NC(=O)c2ccc(N3CCCCC3)c(NC(=O)O)c2)cc1. The number of rotatable bonds is 5. The molecule has 152 valence electrons. The van der Waals surface area contributed by atoms with E-state index in [1.54, 1.807) is 12.1 Å². The van der Waals surface area contributed by atoms with Crippen molar-refractivity contribution in [1.29, 1.82) is 0 Å². The van der Waals surface area contributed by atoms with Crippen molar-refractivity contribution in [3.05, 3.63) is 53.6 Å². The van der Waals surface area contributed by atoms with Gasteiger partial charge in [0.2, 0.25) is 0 Å². The summed E-state index contributed by atoms with van der Waals surface area (Å²) in [7, 11) is 0. The van der Waals surface area contributed by atoms with Gasteiger partial charge >= 0.3 is 6.09 Å². The molecule has 1 saturated carbocycles. The van der Waals surface area contributed by atoms with Gasteiger partial charge in [-0.3, -0.25) is 10.1 Å². The normalized spacial score (nSPS) is 20.8. The first kappa shape index (κ1) is 19.3. The van der Waals surface area contributed by atoms with E-state index in [9.17, 15) is 14.7 Å². The number of carbonyl (C=O) groups is 2. The molecule has 2 aromatic rings. The van der Waals surface area contributed by atoms with E-state index in [0.29, 0.717) is 22.9 Å². The molecule has 2 unspecified atom stereocenters. The number of carboxylic acid groups (broad SMARTS) is 1. The molecule has 7 nitrogen and oxygen atoms in total. The quantitative estimate of drug-likeness (QED) is 0.616. The molecule has 0 bridgehead atoms. The number of benzene rings is 2. The smallest absolute Gasteiger partial charge is 0.409 e. The Morgan fingerprint density at radius 1 is 1.00 bits per heavy atom. The Morgan fingerprint density at radius 2 is 1.69 bits per heavy atom. The number of piperidine rings is 1. The molecule has 2 amide bonds. The second-order valence-electron chi connectivity index (χ2n) is 7.79. The van der Waals surface area contributed by atoms with Crippen molar-refractivity contribution >= 4 is 29.1 Å². The highest BCUT2D eigenvalue weighted by Crippen LogP contribution is 2.39. The molecule has 29 heavy (non-hydrogen) atoms. The number of hydrogen-bond donors (Lipinski definition) is 4. The summed E-state index contributed by atoms with van der Waals surface area (Å²) in [6.07, 6.45) is 3.21. The van der Waals surface area contributed by atoms with Crippen molar-refractivity contribution in [1.82, 2.24) is 0 Å². The van der Waals surface area contributed by atoms with Gasteiger partial charge in [0.05, 0.1) is 11.4 Å². The Labute approximate surface area is 169 Å². The number of nitrogens with one attached hydrogen (secondary N) is 2. The van der Waals surface area contributed by atoms with Crippen LogP contribution in [-0.4, -0.2) is 36.2 Å². The highest BCUT2D eigenvalue weighted by atomic mass is 16.4. The number of anilines is 3. The Hall–Kier alpha value is -3.06. The molecule has 2 aliphatic rings. The first-order valence-electron chi connectivity index (χ1n) is 10.1. The zero-order chi connectivity index (χ0) is 20.4. The maximum Gasteiger partial charge on any atom is 0.409 e. The number of carbonyl (C=O) groups excluding carboxylic acids is 1. The van der Waals surface area contributed by atoms with Crippen LogP contribution < -0.4 is 21.3 Å². The lowest BCUT2D eigenvalue weighted by molar-refractivity contribution is 0.102. The minimum Gasteiger partial charge on any atom is -0.465 e. The van der Waals surface area contributed by atoms with Crippen LogP contribution in [-0.2, 0) is 0 Å². The van der Waals surface area contributed by atoms with Gasteiger partial charge in [0.15, 0.2) is 0 Å². The topological polar surface area (TPSA) is 108 Å². The van der Waals surface area contributed by atoms with Gasteiger partial charge in [0, 0.05) is 36.3 Å². The average molecular weight is 394 g/mol. The Bertz CT molecular complexity index is 907. The standard InChI is InChI=1S/C22H26N4O3/c23-18-13-17(18)14-4-7-16(8-5-14)24-21(27)15-6-9-20(19(12-15)25-22(28)29)26-10-2-1-3-11-26/h4-9,12,17-18,25H,1-3,10-11,13,23H2,(H,24,27)(H,28,29). The number of nitrogens with zero attached hydrogens (tertiary/aromatic N) is 1. The van der Waals surface area contributed by atoms with Gasteiger partial charge in [-0.25, -0.2) is 4.79 Å². The Kier molecular flexibility index (Phi) is 5.40. The third-order valence-corrected chi connectivity index (χ3v) is 5.63. The molecule has 0 aromatic heterocycles. The fourth-order valence-electron chi connectivity index (χ4n) is 3.92. The molecule has 2 fully saturated rings. The highest BCUT2D eigenvalue weighted by Gasteiger charge is 2.34. The molecule has 5 N–H and O–H groups in total. The number of nitrogens with two attached hydrogens (primary N) is 1. The highest BCUT2D eigenvalue weighted by molar-refractivity contribution is 6.06. The van der Waals surface area contributed by atoms with Crippen molar-refractivity contribution in [2.45, 2.75) is 37.6 Å². The average Bonchev–Trinajstić information content (AvgIpc) is 3.45. The van der Waals surface area contributed by atoms with Crippen LogP contribution in [0.5, 0.6) is 0 Å². The zero-order valence-corrected chi connectivity index (χ0v) is 16.2. The largest absolute Gasteiger partial charge is 0.465 e. The number of amides is 2. The summed E-state index contributed by atoms with van der Waals surface area (Å²) < 4.78 is 0. The lowest BCUT2D eigenvalue weighted by Gasteiger charge is -2.30. The summed E-state index contributed by atoms with van der Waals surface area (Å²) in [4.78, 5) is 26.1. The summed E-state index contributed by atoms with van der Waals surface area (Å²) in [6.45, 7) is 1.77. The van der Waals surface area contributed by atoms with Gasteiger partial charge in [0.1, 0.15) is 0 Å². The lowest BCUT2D eigenvalue weighted by atomic mass is 10.1. The molecular formula is C22H26N4O3. The van der Waals surface area contributed by atoms with E-state index in [4.69, 9.17) is 5.73 Å². The van der Waals surface area contributed by atoms with Gasteiger partial charge in [-0.2, -0.15) is 0 Å². The van der Waals surface area contributed by atoms with Crippen molar-refractivity contribution in [3.63, 3.8) is 0 Å². The maximum atomic E-state index is 12.7. The van der Waals surface area contributed by atoms with E-state index in [1.165, 1.54) is 12.0 Å². The third-order valence-electron chi connectivity index (χ3n) is 5.63. The first-order chi connectivity index (χ1) is 14.0. The first-order valence-corrected chi connectivity index (χ1v) is 10.1. The van der Waals surface area contributed by atoms with Crippen molar-refractivity contribution < 1.29 is 14.7 Å². The van der Waals surface area contributed by atoms with Crippen LogP contribution in [0.4, 0.5) is 21.9 Å².